The fourth-order valence-corrected chi connectivity index (χ4v) is 3.89. The van der Waals surface area contributed by atoms with Crippen LogP contribution in [0.5, 0.6) is 0 Å². The molecule has 0 radical (unpaired) electrons. The van der Waals surface area contributed by atoms with Crippen LogP contribution in [0.25, 0.3) is 0 Å². The summed E-state index contributed by atoms with van der Waals surface area (Å²) < 4.78 is 13.8. The Balaban J connectivity index is 1.93. The van der Waals surface area contributed by atoms with Crippen molar-refractivity contribution >= 4 is 17.5 Å². The van der Waals surface area contributed by atoms with Crippen molar-refractivity contribution in [2.24, 2.45) is 0 Å². The highest BCUT2D eigenvalue weighted by molar-refractivity contribution is 6.34. The van der Waals surface area contributed by atoms with Crippen LogP contribution < -0.4 is 5.32 Å². The Bertz CT molecular complexity index is 773. The van der Waals surface area contributed by atoms with Gasteiger partial charge in [0.25, 0.3) is 5.91 Å². The number of hydrogen-bond donors (Lipinski definition) is 1. The van der Waals surface area contributed by atoms with Crippen molar-refractivity contribution in [3.05, 3.63) is 70.5 Å². The molecule has 2 aromatic rings. The molecule has 1 N–H and O–H groups in total. The minimum absolute atomic E-state index is 0.143. The summed E-state index contributed by atoms with van der Waals surface area (Å²) in [5.74, 6) is -0.954. The highest BCUT2D eigenvalue weighted by Crippen LogP contribution is 2.34. The summed E-state index contributed by atoms with van der Waals surface area (Å²) >= 11 is 6.01. The van der Waals surface area contributed by atoms with Gasteiger partial charge in [-0.25, -0.2) is 4.39 Å². The van der Waals surface area contributed by atoms with Gasteiger partial charge in [-0.3, -0.25) is 9.69 Å². The van der Waals surface area contributed by atoms with E-state index in [1.54, 1.807) is 6.07 Å². The van der Waals surface area contributed by atoms with E-state index in [0.29, 0.717) is 0 Å². The van der Waals surface area contributed by atoms with Crippen LogP contribution in [0.1, 0.15) is 48.7 Å². The van der Waals surface area contributed by atoms with Gasteiger partial charge in [0, 0.05) is 5.54 Å². The molecule has 1 aliphatic heterocycles. The fourth-order valence-electron chi connectivity index (χ4n) is 3.68. The van der Waals surface area contributed by atoms with Crippen LogP contribution in [0.2, 0.25) is 5.02 Å². The molecule has 3 nitrogen and oxygen atoms in total. The molecule has 1 heterocycles. The van der Waals surface area contributed by atoms with E-state index in [0.717, 1.165) is 31.5 Å². The zero-order chi connectivity index (χ0) is 18.7. The molecule has 0 bridgehead atoms. The Morgan fingerprint density at radius 2 is 1.77 bits per heavy atom. The second kappa shape index (κ2) is 7.77. The first-order valence-electron chi connectivity index (χ1n) is 8.96. The van der Waals surface area contributed by atoms with E-state index in [-0.39, 0.29) is 28.1 Å². The topological polar surface area (TPSA) is 32.3 Å². The number of nitrogens with zero attached hydrogens (tertiary/aromatic N) is 1. The van der Waals surface area contributed by atoms with Crippen molar-refractivity contribution < 1.29 is 9.18 Å². The Morgan fingerprint density at radius 1 is 1.12 bits per heavy atom. The summed E-state index contributed by atoms with van der Waals surface area (Å²) in [6.07, 6.45) is 2.32. The standard InChI is InChI=1S/C21H24ClFN2O/c1-21(2,25-13-6-7-14-25)19(15-9-4-3-5-10-15)24-20(26)16-11-8-12-17(23)18(16)22/h3-5,8-12,19H,6-7,13-14H2,1-2H3,(H,24,26). The number of amides is 1. The number of halogens is 2. The molecule has 0 saturated carbocycles. The number of likely N-dealkylation sites (tertiary alicyclic amines) is 1. The summed E-state index contributed by atoms with van der Waals surface area (Å²) in [5, 5.41) is 2.96. The summed E-state index contributed by atoms with van der Waals surface area (Å²) in [7, 11) is 0. The molecule has 0 spiro atoms. The van der Waals surface area contributed by atoms with Gasteiger partial charge < -0.3 is 5.32 Å². The Kier molecular flexibility index (Phi) is 5.64. The summed E-state index contributed by atoms with van der Waals surface area (Å²) in [4.78, 5) is 15.3. The van der Waals surface area contributed by atoms with Crippen LogP contribution in [0.4, 0.5) is 4.39 Å². The van der Waals surface area contributed by atoms with Crippen molar-refractivity contribution in [3.8, 4) is 0 Å². The molecule has 0 aromatic heterocycles. The first-order chi connectivity index (χ1) is 12.4. The molecule has 2 aromatic carbocycles. The van der Waals surface area contributed by atoms with Crippen molar-refractivity contribution in [1.82, 2.24) is 10.2 Å². The molecule has 5 heteroatoms. The number of carbonyl (C=O) groups excluding carboxylic acids is 1. The zero-order valence-electron chi connectivity index (χ0n) is 15.1. The van der Waals surface area contributed by atoms with Gasteiger partial charge >= 0.3 is 0 Å². The van der Waals surface area contributed by atoms with Crippen molar-refractivity contribution in [2.45, 2.75) is 38.3 Å². The highest BCUT2D eigenvalue weighted by Gasteiger charge is 2.38. The zero-order valence-corrected chi connectivity index (χ0v) is 15.9. The average Bonchev–Trinajstić information content (AvgIpc) is 3.18. The number of hydrogen-bond acceptors (Lipinski definition) is 2. The fraction of sp³-hybridized carbons (Fsp3) is 0.381. The number of carbonyl (C=O) groups is 1. The Hall–Kier alpha value is -1.91. The third kappa shape index (κ3) is 3.76. The maximum atomic E-state index is 13.8. The van der Waals surface area contributed by atoms with E-state index in [9.17, 15) is 9.18 Å². The quantitative estimate of drug-likeness (QED) is 0.813. The lowest BCUT2D eigenvalue weighted by atomic mass is 9.86. The lowest BCUT2D eigenvalue weighted by molar-refractivity contribution is 0.0778. The molecule has 3 rings (SSSR count). The molecule has 0 aliphatic carbocycles. The van der Waals surface area contributed by atoms with Gasteiger partial charge in [-0.1, -0.05) is 48.0 Å². The van der Waals surface area contributed by atoms with Gasteiger partial charge in [-0.05, 0) is 57.5 Å². The summed E-state index contributed by atoms with van der Waals surface area (Å²) in [6, 6.07) is 14.0. The first-order valence-corrected chi connectivity index (χ1v) is 9.34. The van der Waals surface area contributed by atoms with Crippen molar-refractivity contribution in [3.63, 3.8) is 0 Å². The Morgan fingerprint density at radius 3 is 2.42 bits per heavy atom. The van der Waals surface area contributed by atoms with Crippen LogP contribution in [0.3, 0.4) is 0 Å². The van der Waals surface area contributed by atoms with Gasteiger partial charge in [0.05, 0.1) is 16.6 Å². The van der Waals surface area contributed by atoms with Gasteiger partial charge in [0.15, 0.2) is 0 Å². The third-order valence-corrected chi connectivity index (χ3v) is 5.62. The maximum absolute atomic E-state index is 13.8. The monoisotopic (exact) mass is 374 g/mol. The highest BCUT2D eigenvalue weighted by atomic mass is 35.5. The molecule has 1 atom stereocenters. The molecule has 1 saturated heterocycles. The molecule has 1 aliphatic rings. The van der Waals surface area contributed by atoms with Crippen LogP contribution in [-0.4, -0.2) is 29.4 Å². The third-order valence-electron chi connectivity index (χ3n) is 5.23. The van der Waals surface area contributed by atoms with Crippen LogP contribution in [0.15, 0.2) is 48.5 Å². The lowest BCUT2D eigenvalue weighted by Crippen LogP contribution is -2.52. The maximum Gasteiger partial charge on any atom is 0.253 e. The smallest absolute Gasteiger partial charge is 0.253 e. The van der Waals surface area contributed by atoms with Gasteiger partial charge in [-0.2, -0.15) is 0 Å². The van der Waals surface area contributed by atoms with E-state index in [2.05, 4.69) is 24.1 Å². The van der Waals surface area contributed by atoms with Crippen LogP contribution >= 0.6 is 11.6 Å². The minimum atomic E-state index is -0.589. The van der Waals surface area contributed by atoms with E-state index >= 15 is 0 Å². The normalized spacial score (nSPS) is 16.5. The van der Waals surface area contributed by atoms with Gasteiger partial charge in [-0.15, -0.1) is 0 Å². The predicted octanol–water partition coefficient (Wildman–Crippen LogP) is 4.82. The predicted molar refractivity (Wildman–Crippen MR) is 103 cm³/mol. The van der Waals surface area contributed by atoms with Crippen LogP contribution in [0, 0.1) is 5.82 Å². The van der Waals surface area contributed by atoms with Crippen molar-refractivity contribution in [2.75, 3.05) is 13.1 Å². The molecule has 1 amide bonds. The second-order valence-corrected chi connectivity index (χ2v) is 7.64. The van der Waals surface area contributed by atoms with E-state index in [1.807, 2.05) is 30.3 Å². The summed E-state index contributed by atoms with van der Waals surface area (Å²) in [5.41, 5.74) is 0.892. The van der Waals surface area contributed by atoms with Gasteiger partial charge in [0.1, 0.15) is 5.82 Å². The molecule has 1 unspecified atom stereocenters. The minimum Gasteiger partial charge on any atom is -0.343 e. The van der Waals surface area contributed by atoms with Gasteiger partial charge in [0.2, 0.25) is 0 Å². The number of nitrogens with one attached hydrogen (secondary N) is 1. The Labute approximate surface area is 159 Å². The number of benzene rings is 2. The SMILES string of the molecule is CC(C)(C(NC(=O)c1cccc(F)c1Cl)c1ccccc1)N1CCCC1. The van der Waals surface area contributed by atoms with E-state index < -0.39 is 5.82 Å². The van der Waals surface area contributed by atoms with Crippen LogP contribution in [-0.2, 0) is 0 Å². The lowest BCUT2D eigenvalue weighted by Gasteiger charge is -2.42. The van der Waals surface area contributed by atoms with E-state index in [1.165, 1.54) is 12.1 Å². The largest absolute Gasteiger partial charge is 0.343 e. The first kappa shape index (κ1) is 18.9. The number of rotatable bonds is 5. The average molecular weight is 375 g/mol. The van der Waals surface area contributed by atoms with E-state index in [4.69, 9.17) is 11.6 Å². The molecule has 26 heavy (non-hydrogen) atoms. The molecule has 138 valence electrons. The molecular formula is C21H24ClFN2O. The van der Waals surface area contributed by atoms with Crippen molar-refractivity contribution in [1.29, 1.82) is 0 Å². The molecular weight excluding hydrogens is 351 g/mol. The summed E-state index contributed by atoms with van der Waals surface area (Å²) in [6.45, 7) is 6.30. The second-order valence-electron chi connectivity index (χ2n) is 7.27. The molecule has 1 fully saturated rings.